The molecule has 1 aromatic heterocycles. The number of carbonyl (C=O) groups is 4. The summed E-state index contributed by atoms with van der Waals surface area (Å²) < 4.78 is 12.4. The van der Waals surface area contributed by atoms with Crippen molar-refractivity contribution in [3.63, 3.8) is 0 Å². The van der Waals surface area contributed by atoms with Gasteiger partial charge in [-0.1, -0.05) is 36.4 Å². The van der Waals surface area contributed by atoms with E-state index in [-0.39, 0.29) is 33.8 Å². The first-order valence-corrected chi connectivity index (χ1v) is 11.0. The quantitative estimate of drug-likeness (QED) is 0.225. The largest absolute Gasteiger partial charge is 0.454 e. The smallest absolute Gasteiger partial charge is 0.339 e. The Bertz CT molecular complexity index is 1320. The molecule has 0 bridgehead atoms. The second-order valence-corrected chi connectivity index (χ2v) is 8.21. The van der Waals surface area contributed by atoms with E-state index in [0.29, 0.717) is 24.3 Å². The number of rotatable bonds is 8. The fourth-order valence-electron chi connectivity index (χ4n) is 4.40. The third kappa shape index (κ3) is 4.10. The van der Waals surface area contributed by atoms with Crippen molar-refractivity contribution in [1.82, 2.24) is 4.57 Å². The topological polar surface area (TPSA) is 91.7 Å². The Hall–Kier alpha value is -3.84. The lowest BCUT2D eigenvalue weighted by Gasteiger charge is -2.19. The standard InChI is InChI=1S/C27H25NO6/c1-16-14-22(17(2)28(16)12-7-13-33-3)23(29)15-34-27(32)21-11-6-10-20-24(21)26(31)19-9-5-4-8-18(19)25(20)30/h4-6,8-11,14H,7,12-13,15H2,1-3H3. The van der Waals surface area contributed by atoms with Crippen molar-refractivity contribution in [2.45, 2.75) is 26.8 Å². The number of methoxy groups -OCH3 is 1. The SMILES string of the molecule is COCCCn1c(C)cc(C(=O)COC(=O)c2cccc3c2C(=O)c2ccccc2C3=O)c1C. The van der Waals surface area contributed by atoms with Crippen molar-refractivity contribution < 1.29 is 28.7 Å². The van der Waals surface area contributed by atoms with Crippen molar-refractivity contribution in [2.75, 3.05) is 20.3 Å². The fourth-order valence-corrected chi connectivity index (χ4v) is 4.40. The van der Waals surface area contributed by atoms with E-state index >= 15 is 0 Å². The maximum atomic E-state index is 13.1. The van der Waals surface area contributed by atoms with Gasteiger partial charge in [0.05, 0.1) is 5.56 Å². The van der Waals surface area contributed by atoms with Gasteiger partial charge in [-0.25, -0.2) is 4.79 Å². The Balaban J connectivity index is 1.53. The van der Waals surface area contributed by atoms with Crippen LogP contribution in [0.2, 0.25) is 0 Å². The monoisotopic (exact) mass is 459 g/mol. The Morgan fingerprint density at radius 2 is 1.56 bits per heavy atom. The van der Waals surface area contributed by atoms with Gasteiger partial charge in [-0.3, -0.25) is 14.4 Å². The highest BCUT2D eigenvalue weighted by Crippen LogP contribution is 2.30. The summed E-state index contributed by atoms with van der Waals surface area (Å²) in [5, 5.41) is 0. The van der Waals surface area contributed by atoms with Crippen LogP contribution in [0.5, 0.6) is 0 Å². The van der Waals surface area contributed by atoms with Gasteiger partial charge in [-0.2, -0.15) is 0 Å². The van der Waals surface area contributed by atoms with Gasteiger partial charge in [0.1, 0.15) is 0 Å². The van der Waals surface area contributed by atoms with Gasteiger partial charge in [0.15, 0.2) is 18.2 Å². The van der Waals surface area contributed by atoms with Crippen LogP contribution in [0.3, 0.4) is 0 Å². The molecule has 0 fully saturated rings. The molecule has 0 N–H and O–H groups in total. The number of ether oxygens (including phenoxy) is 2. The number of aromatic nitrogens is 1. The second kappa shape index (κ2) is 9.57. The van der Waals surface area contributed by atoms with E-state index in [1.807, 2.05) is 18.4 Å². The summed E-state index contributed by atoms with van der Waals surface area (Å²) >= 11 is 0. The molecule has 7 nitrogen and oxygen atoms in total. The average molecular weight is 459 g/mol. The number of hydrogen-bond donors (Lipinski definition) is 0. The number of nitrogens with zero attached hydrogens (tertiary/aromatic N) is 1. The number of carbonyl (C=O) groups excluding carboxylic acids is 4. The lowest BCUT2D eigenvalue weighted by atomic mass is 9.82. The molecule has 2 aromatic carbocycles. The molecule has 4 rings (SSSR count). The lowest BCUT2D eigenvalue weighted by molar-refractivity contribution is 0.0472. The highest BCUT2D eigenvalue weighted by atomic mass is 16.5. The fraction of sp³-hybridized carbons (Fsp3) is 0.259. The van der Waals surface area contributed by atoms with E-state index < -0.39 is 18.4 Å². The van der Waals surface area contributed by atoms with Gasteiger partial charge in [0.25, 0.3) is 0 Å². The average Bonchev–Trinajstić information content (AvgIpc) is 3.13. The molecule has 174 valence electrons. The molecule has 0 aliphatic heterocycles. The number of ketones is 3. The number of Topliss-reactive ketones (excluding diaryl/α,β-unsaturated/α-hetero) is 1. The van der Waals surface area contributed by atoms with Crippen molar-refractivity contribution in [3.8, 4) is 0 Å². The van der Waals surface area contributed by atoms with Crippen LogP contribution >= 0.6 is 0 Å². The summed E-state index contributed by atoms with van der Waals surface area (Å²) in [4.78, 5) is 51.7. The second-order valence-electron chi connectivity index (χ2n) is 8.21. The molecule has 0 atom stereocenters. The molecule has 0 amide bonds. The third-order valence-corrected chi connectivity index (χ3v) is 6.11. The highest BCUT2D eigenvalue weighted by molar-refractivity contribution is 6.30. The molecule has 0 spiro atoms. The predicted molar refractivity (Wildman–Crippen MR) is 125 cm³/mol. The maximum absolute atomic E-state index is 13.1. The van der Waals surface area contributed by atoms with Crippen LogP contribution < -0.4 is 0 Å². The molecular formula is C27H25NO6. The summed E-state index contributed by atoms with van der Waals surface area (Å²) in [6.45, 7) is 4.63. The van der Waals surface area contributed by atoms with Crippen molar-refractivity contribution >= 4 is 23.3 Å². The van der Waals surface area contributed by atoms with Crippen molar-refractivity contribution in [2.24, 2.45) is 0 Å². The van der Waals surface area contributed by atoms with Gasteiger partial charge < -0.3 is 14.0 Å². The van der Waals surface area contributed by atoms with E-state index in [4.69, 9.17) is 9.47 Å². The van der Waals surface area contributed by atoms with Crippen LogP contribution in [0, 0.1) is 13.8 Å². The molecule has 0 radical (unpaired) electrons. The number of benzene rings is 2. The maximum Gasteiger partial charge on any atom is 0.339 e. The van der Waals surface area contributed by atoms with Crippen LogP contribution in [0.25, 0.3) is 0 Å². The van der Waals surface area contributed by atoms with Crippen LogP contribution in [-0.2, 0) is 16.0 Å². The highest BCUT2D eigenvalue weighted by Gasteiger charge is 2.33. The van der Waals surface area contributed by atoms with Gasteiger partial charge in [0, 0.05) is 59.5 Å². The number of esters is 1. The molecular weight excluding hydrogens is 434 g/mol. The third-order valence-electron chi connectivity index (χ3n) is 6.11. The number of aryl methyl sites for hydroxylation is 1. The molecule has 7 heteroatoms. The van der Waals surface area contributed by atoms with Crippen LogP contribution in [0.1, 0.15) is 70.4 Å². The molecule has 1 aliphatic carbocycles. The van der Waals surface area contributed by atoms with Crippen molar-refractivity contribution in [3.05, 3.63) is 93.3 Å². The van der Waals surface area contributed by atoms with Crippen LogP contribution in [-0.4, -0.2) is 48.2 Å². The molecule has 3 aromatic rings. The van der Waals surface area contributed by atoms with Gasteiger partial charge >= 0.3 is 5.97 Å². The summed E-state index contributed by atoms with van der Waals surface area (Å²) in [6.07, 6.45) is 0.810. The van der Waals surface area contributed by atoms with Crippen molar-refractivity contribution in [1.29, 1.82) is 0 Å². The van der Waals surface area contributed by atoms with E-state index in [1.165, 1.54) is 18.2 Å². The van der Waals surface area contributed by atoms with E-state index in [1.54, 1.807) is 37.4 Å². The van der Waals surface area contributed by atoms with E-state index in [9.17, 15) is 19.2 Å². The molecule has 34 heavy (non-hydrogen) atoms. The summed E-state index contributed by atoms with van der Waals surface area (Å²) in [5.74, 6) is -1.89. The van der Waals surface area contributed by atoms with Crippen LogP contribution in [0.15, 0.2) is 48.5 Å². The van der Waals surface area contributed by atoms with Gasteiger partial charge in [-0.05, 0) is 32.4 Å². The minimum Gasteiger partial charge on any atom is -0.454 e. The summed E-state index contributed by atoms with van der Waals surface area (Å²) in [7, 11) is 1.64. The summed E-state index contributed by atoms with van der Waals surface area (Å²) in [6, 6.07) is 12.8. The van der Waals surface area contributed by atoms with Crippen LogP contribution in [0.4, 0.5) is 0 Å². The Morgan fingerprint density at radius 1 is 0.882 bits per heavy atom. The normalized spacial score (nSPS) is 12.3. The first-order chi connectivity index (χ1) is 16.3. The molecule has 1 heterocycles. The molecule has 0 saturated heterocycles. The zero-order valence-electron chi connectivity index (χ0n) is 19.3. The van der Waals surface area contributed by atoms with Gasteiger partial charge in [-0.15, -0.1) is 0 Å². The first-order valence-electron chi connectivity index (χ1n) is 11.0. The lowest BCUT2D eigenvalue weighted by Crippen LogP contribution is -2.25. The van der Waals surface area contributed by atoms with E-state index in [0.717, 1.165) is 17.8 Å². The Labute approximate surface area is 197 Å². The number of hydrogen-bond acceptors (Lipinski definition) is 6. The zero-order valence-corrected chi connectivity index (χ0v) is 19.3. The zero-order chi connectivity index (χ0) is 24.4. The minimum absolute atomic E-state index is 0.0139. The Morgan fingerprint density at radius 3 is 2.26 bits per heavy atom. The van der Waals surface area contributed by atoms with E-state index in [2.05, 4.69) is 0 Å². The predicted octanol–water partition coefficient (Wildman–Crippen LogP) is 3.96. The minimum atomic E-state index is -0.820. The Kier molecular flexibility index (Phi) is 6.56. The summed E-state index contributed by atoms with van der Waals surface area (Å²) in [5.41, 5.74) is 2.91. The van der Waals surface area contributed by atoms with Gasteiger partial charge in [0.2, 0.25) is 5.78 Å². The molecule has 0 saturated carbocycles. The number of fused-ring (bicyclic) bond motifs is 2. The molecule has 0 unspecified atom stereocenters. The first kappa shape index (κ1) is 23.3. The molecule has 1 aliphatic rings.